The van der Waals surface area contributed by atoms with E-state index in [-0.39, 0.29) is 12.4 Å². The molecule has 0 bridgehead atoms. The van der Waals surface area contributed by atoms with Crippen LogP contribution < -0.4 is 10.5 Å². The van der Waals surface area contributed by atoms with E-state index in [0.717, 1.165) is 18.2 Å². The number of unbranched alkanes of at least 4 members (excludes halogenated alkanes) is 1. The first kappa shape index (κ1) is 17.4. The molecule has 0 fully saturated rings. The van der Waals surface area contributed by atoms with Gasteiger partial charge in [-0.1, -0.05) is 6.07 Å². The van der Waals surface area contributed by atoms with Crippen molar-refractivity contribution in [3.05, 3.63) is 29.8 Å². The highest BCUT2D eigenvalue weighted by molar-refractivity contribution is 7.89. The van der Waals surface area contributed by atoms with Crippen molar-refractivity contribution < 1.29 is 21.6 Å². The number of rotatable bonds is 7. The predicted octanol–water partition coefficient (Wildman–Crippen LogP) is 2.09. The third-order valence-corrected chi connectivity index (χ3v) is 4.10. The number of amidine groups is 1. The highest BCUT2D eigenvalue weighted by Gasteiger charge is 2.31. The van der Waals surface area contributed by atoms with Gasteiger partial charge in [-0.05, 0) is 31.0 Å². The van der Waals surface area contributed by atoms with Crippen molar-refractivity contribution >= 4 is 15.9 Å². The molecule has 0 aliphatic heterocycles. The summed E-state index contributed by atoms with van der Waals surface area (Å²) in [6.07, 6.45) is -3.27. The Morgan fingerprint density at radius 1 is 1.29 bits per heavy atom. The van der Waals surface area contributed by atoms with E-state index in [1.165, 1.54) is 0 Å². The lowest BCUT2D eigenvalue weighted by atomic mass is 10.2. The highest BCUT2D eigenvalue weighted by atomic mass is 32.2. The summed E-state index contributed by atoms with van der Waals surface area (Å²) in [6.45, 7) is 0.0753. The molecular weight excluding hydrogens is 307 g/mol. The average Bonchev–Trinajstić information content (AvgIpc) is 2.37. The number of hydrogen-bond acceptors (Lipinski definition) is 3. The van der Waals surface area contributed by atoms with Gasteiger partial charge in [0.15, 0.2) is 0 Å². The largest absolute Gasteiger partial charge is 0.416 e. The zero-order valence-corrected chi connectivity index (χ0v) is 11.9. The fourth-order valence-electron chi connectivity index (χ4n) is 1.57. The summed E-state index contributed by atoms with van der Waals surface area (Å²) in [5.74, 6) is 0.00994. The molecule has 4 N–H and O–H groups in total. The number of hydrogen-bond donors (Lipinski definition) is 3. The van der Waals surface area contributed by atoms with Crippen molar-refractivity contribution in [3.8, 4) is 0 Å². The predicted molar refractivity (Wildman–Crippen MR) is 72.4 cm³/mol. The van der Waals surface area contributed by atoms with Gasteiger partial charge >= 0.3 is 6.18 Å². The normalized spacial score (nSPS) is 12.3. The van der Waals surface area contributed by atoms with Gasteiger partial charge in [-0.25, -0.2) is 13.1 Å². The topological polar surface area (TPSA) is 96.0 Å². The molecule has 0 spiro atoms. The minimum Gasteiger partial charge on any atom is -0.388 e. The van der Waals surface area contributed by atoms with E-state index in [4.69, 9.17) is 11.1 Å². The number of nitrogens with two attached hydrogens (primary N) is 1. The molecule has 0 aliphatic carbocycles. The van der Waals surface area contributed by atoms with E-state index in [1.54, 1.807) is 0 Å². The van der Waals surface area contributed by atoms with Gasteiger partial charge in [0.2, 0.25) is 10.0 Å². The third kappa shape index (κ3) is 5.72. The Kier molecular flexibility index (Phi) is 5.73. The first-order valence-corrected chi connectivity index (χ1v) is 7.61. The van der Waals surface area contributed by atoms with Gasteiger partial charge in [0.05, 0.1) is 16.3 Å². The maximum absolute atomic E-state index is 12.5. The second kappa shape index (κ2) is 6.90. The number of benzene rings is 1. The van der Waals surface area contributed by atoms with Crippen molar-refractivity contribution in [2.45, 2.75) is 30.3 Å². The molecule has 0 saturated heterocycles. The Morgan fingerprint density at radius 3 is 2.52 bits per heavy atom. The Balaban J connectivity index is 2.68. The molecule has 9 heteroatoms. The van der Waals surface area contributed by atoms with Crippen LogP contribution in [0.5, 0.6) is 0 Å². The smallest absolute Gasteiger partial charge is 0.388 e. The van der Waals surface area contributed by atoms with E-state index in [2.05, 4.69) is 4.72 Å². The van der Waals surface area contributed by atoms with Crippen molar-refractivity contribution in [2.24, 2.45) is 5.73 Å². The lowest BCUT2D eigenvalue weighted by Crippen LogP contribution is -2.25. The number of nitrogens with one attached hydrogen (secondary N) is 2. The van der Waals surface area contributed by atoms with Crippen LogP contribution in [0.15, 0.2) is 29.2 Å². The van der Waals surface area contributed by atoms with Crippen LogP contribution in [0.25, 0.3) is 0 Å². The van der Waals surface area contributed by atoms with E-state index >= 15 is 0 Å². The summed E-state index contributed by atoms with van der Waals surface area (Å²) in [4.78, 5) is -0.427. The van der Waals surface area contributed by atoms with Crippen LogP contribution in [0, 0.1) is 5.41 Å². The Hall–Kier alpha value is -1.61. The van der Waals surface area contributed by atoms with Gasteiger partial charge in [-0.2, -0.15) is 13.2 Å². The van der Waals surface area contributed by atoms with Gasteiger partial charge in [0, 0.05) is 13.0 Å². The average molecular weight is 323 g/mol. The summed E-state index contributed by atoms with van der Waals surface area (Å²) in [7, 11) is -3.98. The van der Waals surface area contributed by atoms with Crippen LogP contribution in [0.3, 0.4) is 0 Å². The fraction of sp³-hybridized carbons (Fsp3) is 0.417. The highest BCUT2D eigenvalue weighted by Crippen LogP contribution is 2.30. The summed E-state index contributed by atoms with van der Waals surface area (Å²) in [5.41, 5.74) is 4.13. The monoisotopic (exact) mass is 323 g/mol. The van der Waals surface area contributed by atoms with Crippen LogP contribution in [0.2, 0.25) is 0 Å². The number of halogens is 3. The SMILES string of the molecule is N=C(N)CCCCNS(=O)(=O)c1cccc(C(F)(F)F)c1. The minimum atomic E-state index is -4.59. The van der Waals surface area contributed by atoms with Crippen LogP contribution in [-0.4, -0.2) is 20.8 Å². The number of alkyl halides is 3. The molecule has 0 aliphatic rings. The second-order valence-electron chi connectivity index (χ2n) is 4.41. The van der Waals surface area contributed by atoms with Gasteiger partial charge in [-0.15, -0.1) is 0 Å². The van der Waals surface area contributed by atoms with Crippen molar-refractivity contribution in [2.75, 3.05) is 6.54 Å². The van der Waals surface area contributed by atoms with Crippen molar-refractivity contribution in [3.63, 3.8) is 0 Å². The summed E-state index contributed by atoms with van der Waals surface area (Å²) < 4.78 is 63.6. The summed E-state index contributed by atoms with van der Waals surface area (Å²) in [5, 5.41) is 7.00. The summed E-state index contributed by atoms with van der Waals surface area (Å²) >= 11 is 0. The zero-order valence-electron chi connectivity index (χ0n) is 11.1. The molecule has 0 atom stereocenters. The molecular formula is C12H16F3N3O2S. The second-order valence-corrected chi connectivity index (χ2v) is 6.17. The molecule has 1 aromatic rings. The van der Waals surface area contributed by atoms with Crippen molar-refractivity contribution in [1.29, 1.82) is 5.41 Å². The van der Waals surface area contributed by atoms with Crippen LogP contribution >= 0.6 is 0 Å². The van der Waals surface area contributed by atoms with E-state index in [1.807, 2.05) is 0 Å². The molecule has 118 valence electrons. The number of sulfonamides is 1. The molecule has 0 saturated carbocycles. The lowest BCUT2D eigenvalue weighted by molar-refractivity contribution is -0.137. The molecule has 0 heterocycles. The molecule has 0 amide bonds. The fourth-order valence-corrected chi connectivity index (χ4v) is 2.69. The zero-order chi connectivity index (χ0) is 16.1. The first-order valence-electron chi connectivity index (χ1n) is 6.13. The molecule has 0 aromatic heterocycles. The van der Waals surface area contributed by atoms with Crippen LogP contribution in [0.4, 0.5) is 13.2 Å². The Labute approximate surface area is 120 Å². The van der Waals surface area contributed by atoms with E-state index in [0.29, 0.717) is 25.3 Å². The van der Waals surface area contributed by atoms with E-state index in [9.17, 15) is 21.6 Å². The van der Waals surface area contributed by atoms with Crippen LogP contribution in [-0.2, 0) is 16.2 Å². The molecule has 0 unspecified atom stereocenters. The molecule has 1 aromatic carbocycles. The van der Waals surface area contributed by atoms with Crippen LogP contribution in [0.1, 0.15) is 24.8 Å². The molecule has 5 nitrogen and oxygen atoms in total. The van der Waals surface area contributed by atoms with E-state index < -0.39 is 26.7 Å². The third-order valence-electron chi connectivity index (χ3n) is 2.64. The summed E-state index contributed by atoms with van der Waals surface area (Å²) in [6, 6.07) is 3.56. The lowest BCUT2D eigenvalue weighted by Gasteiger charge is -2.10. The van der Waals surface area contributed by atoms with Crippen molar-refractivity contribution in [1.82, 2.24) is 4.72 Å². The van der Waals surface area contributed by atoms with Gasteiger partial charge < -0.3 is 5.73 Å². The van der Waals surface area contributed by atoms with Gasteiger partial charge in [0.1, 0.15) is 0 Å². The quantitative estimate of drug-likeness (QED) is 0.407. The first-order chi connectivity index (χ1) is 9.63. The minimum absolute atomic E-state index is 0.00994. The molecule has 21 heavy (non-hydrogen) atoms. The molecule has 0 radical (unpaired) electrons. The maximum Gasteiger partial charge on any atom is 0.416 e. The Bertz CT molecular complexity index is 600. The molecule has 1 rings (SSSR count). The Morgan fingerprint density at radius 2 is 1.95 bits per heavy atom. The maximum atomic E-state index is 12.5. The standard InChI is InChI=1S/C12H16F3N3O2S/c13-12(14,15)9-4-3-5-10(8-9)21(19,20)18-7-2-1-6-11(16)17/h3-5,8,18H,1-2,6-7H2,(H3,16,17). The van der Waals surface area contributed by atoms with Gasteiger partial charge in [-0.3, -0.25) is 5.41 Å². The van der Waals surface area contributed by atoms with Gasteiger partial charge in [0.25, 0.3) is 0 Å².